The standard InChI is InChI=1S/C18H28O/c1-13(2)7-6-8-14(3)9-10-17-11-15(4)18(19)16(5)12-17/h7,11-12,14,19H,6,8-10H2,1-5H3. The second-order valence-electron chi connectivity index (χ2n) is 6.08. The van der Waals surface area contributed by atoms with Crippen molar-refractivity contribution in [3.63, 3.8) is 0 Å². The van der Waals surface area contributed by atoms with Gasteiger partial charge in [0, 0.05) is 0 Å². The van der Waals surface area contributed by atoms with E-state index in [-0.39, 0.29) is 0 Å². The Kier molecular flexibility index (Phi) is 6.14. The fraction of sp³-hybridized carbons (Fsp3) is 0.556. The Hall–Kier alpha value is -1.24. The fourth-order valence-electron chi connectivity index (χ4n) is 2.40. The van der Waals surface area contributed by atoms with Crippen LogP contribution in [-0.4, -0.2) is 5.11 Å². The van der Waals surface area contributed by atoms with Crippen molar-refractivity contribution in [1.82, 2.24) is 0 Å². The van der Waals surface area contributed by atoms with Crippen molar-refractivity contribution < 1.29 is 5.11 Å². The highest BCUT2D eigenvalue weighted by molar-refractivity contribution is 5.42. The van der Waals surface area contributed by atoms with E-state index in [2.05, 4.69) is 39.0 Å². The van der Waals surface area contributed by atoms with Crippen LogP contribution in [0.4, 0.5) is 0 Å². The van der Waals surface area contributed by atoms with Gasteiger partial charge in [-0.2, -0.15) is 0 Å². The van der Waals surface area contributed by atoms with Crippen molar-refractivity contribution in [2.75, 3.05) is 0 Å². The van der Waals surface area contributed by atoms with Crippen molar-refractivity contribution in [3.8, 4) is 5.75 Å². The van der Waals surface area contributed by atoms with Crippen molar-refractivity contribution in [3.05, 3.63) is 40.5 Å². The van der Waals surface area contributed by atoms with Crippen LogP contribution in [0.25, 0.3) is 0 Å². The molecule has 1 rings (SSSR count). The molecule has 0 aromatic heterocycles. The number of hydrogen-bond acceptors (Lipinski definition) is 1. The first-order chi connectivity index (χ1) is 8.90. The fourth-order valence-corrected chi connectivity index (χ4v) is 2.40. The van der Waals surface area contributed by atoms with Gasteiger partial charge in [0.25, 0.3) is 0 Å². The van der Waals surface area contributed by atoms with E-state index >= 15 is 0 Å². The summed E-state index contributed by atoms with van der Waals surface area (Å²) in [7, 11) is 0. The monoisotopic (exact) mass is 260 g/mol. The third-order valence-corrected chi connectivity index (χ3v) is 3.69. The number of phenols is 1. The Morgan fingerprint density at radius 1 is 1.16 bits per heavy atom. The first-order valence-corrected chi connectivity index (χ1v) is 7.32. The minimum atomic E-state index is 0.445. The SMILES string of the molecule is CC(C)=CCCC(C)CCc1cc(C)c(O)c(C)c1. The summed E-state index contributed by atoms with van der Waals surface area (Å²) in [5.41, 5.74) is 4.75. The molecule has 1 N–H and O–H groups in total. The third kappa shape index (κ3) is 5.50. The molecule has 106 valence electrons. The molecule has 0 bridgehead atoms. The molecule has 1 heteroatoms. The lowest BCUT2D eigenvalue weighted by Crippen LogP contribution is -1.98. The van der Waals surface area contributed by atoms with Crippen molar-refractivity contribution in [2.24, 2.45) is 5.92 Å². The topological polar surface area (TPSA) is 20.2 Å². The molecular formula is C18H28O. The zero-order valence-electron chi connectivity index (χ0n) is 13.1. The summed E-state index contributed by atoms with van der Waals surface area (Å²) in [6, 6.07) is 4.23. The van der Waals surface area contributed by atoms with E-state index in [0.717, 1.165) is 23.5 Å². The average Bonchev–Trinajstić information content (AvgIpc) is 2.32. The first-order valence-electron chi connectivity index (χ1n) is 7.32. The van der Waals surface area contributed by atoms with E-state index in [1.165, 1.54) is 30.4 Å². The molecule has 1 nitrogen and oxygen atoms in total. The lowest BCUT2D eigenvalue weighted by Gasteiger charge is -2.12. The molecule has 1 aromatic rings. The van der Waals surface area contributed by atoms with Crippen LogP contribution in [0.5, 0.6) is 5.75 Å². The Bertz CT molecular complexity index is 416. The van der Waals surface area contributed by atoms with E-state index in [1.54, 1.807) is 0 Å². The molecule has 0 aliphatic carbocycles. The molecular weight excluding hydrogens is 232 g/mol. The lowest BCUT2D eigenvalue weighted by atomic mass is 9.95. The predicted octanol–water partition coefficient (Wildman–Crippen LogP) is 5.32. The molecule has 1 unspecified atom stereocenters. The number of hydrogen-bond donors (Lipinski definition) is 1. The molecule has 1 atom stereocenters. The highest BCUT2D eigenvalue weighted by atomic mass is 16.3. The van der Waals surface area contributed by atoms with Crippen LogP contribution in [0, 0.1) is 19.8 Å². The lowest BCUT2D eigenvalue weighted by molar-refractivity contribution is 0.465. The average molecular weight is 260 g/mol. The van der Waals surface area contributed by atoms with Gasteiger partial charge in [0.1, 0.15) is 5.75 Å². The zero-order valence-corrected chi connectivity index (χ0v) is 13.1. The normalized spacial score (nSPS) is 12.3. The summed E-state index contributed by atoms with van der Waals surface area (Å²) in [5, 5.41) is 9.77. The number of allylic oxidation sites excluding steroid dienone is 2. The minimum absolute atomic E-state index is 0.445. The van der Waals surface area contributed by atoms with Gasteiger partial charge in [-0.3, -0.25) is 0 Å². The number of benzene rings is 1. The van der Waals surface area contributed by atoms with Crippen LogP contribution in [0.2, 0.25) is 0 Å². The van der Waals surface area contributed by atoms with Gasteiger partial charge in [0.2, 0.25) is 0 Å². The molecule has 0 heterocycles. The molecule has 0 saturated heterocycles. The van der Waals surface area contributed by atoms with Crippen molar-refractivity contribution >= 4 is 0 Å². The molecule has 0 spiro atoms. The van der Waals surface area contributed by atoms with Gasteiger partial charge in [0.05, 0.1) is 0 Å². The summed E-state index contributed by atoms with van der Waals surface area (Å²) in [4.78, 5) is 0. The molecule has 0 aliphatic heterocycles. The Balaban J connectivity index is 2.46. The highest BCUT2D eigenvalue weighted by Gasteiger charge is 2.06. The maximum atomic E-state index is 9.77. The Labute approximate surface area is 118 Å². The smallest absolute Gasteiger partial charge is 0.121 e. The summed E-state index contributed by atoms with van der Waals surface area (Å²) in [6.07, 6.45) is 7.11. The van der Waals surface area contributed by atoms with Gasteiger partial charge in [-0.25, -0.2) is 0 Å². The molecule has 1 aromatic carbocycles. The quantitative estimate of drug-likeness (QED) is 0.686. The van der Waals surface area contributed by atoms with E-state index in [0.29, 0.717) is 5.75 Å². The van der Waals surface area contributed by atoms with Crippen LogP contribution < -0.4 is 0 Å². The van der Waals surface area contributed by atoms with Gasteiger partial charge >= 0.3 is 0 Å². The van der Waals surface area contributed by atoms with Crippen LogP contribution in [-0.2, 0) is 6.42 Å². The van der Waals surface area contributed by atoms with E-state index in [4.69, 9.17) is 0 Å². The van der Waals surface area contributed by atoms with Gasteiger partial charge in [-0.1, -0.05) is 30.7 Å². The van der Waals surface area contributed by atoms with E-state index in [1.807, 2.05) is 13.8 Å². The summed E-state index contributed by atoms with van der Waals surface area (Å²) < 4.78 is 0. The van der Waals surface area contributed by atoms with Crippen molar-refractivity contribution in [2.45, 2.75) is 60.3 Å². The summed E-state index contributed by atoms with van der Waals surface area (Å²) in [6.45, 7) is 10.6. The minimum Gasteiger partial charge on any atom is -0.507 e. The second-order valence-corrected chi connectivity index (χ2v) is 6.08. The third-order valence-electron chi connectivity index (χ3n) is 3.69. The van der Waals surface area contributed by atoms with E-state index in [9.17, 15) is 5.11 Å². The molecule has 0 radical (unpaired) electrons. The zero-order chi connectivity index (χ0) is 14.4. The van der Waals surface area contributed by atoms with E-state index < -0.39 is 0 Å². The predicted molar refractivity (Wildman–Crippen MR) is 83.7 cm³/mol. The number of rotatable bonds is 6. The van der Waals surface area contributed by atoms with Gasteiger partial charge in [-0.05, 0) is 76.0 Å². The largest absolute Gasteiger partial charge is 0.507 e. The van der Waals surface area contributed by atoms with Gasteiger partial charge < -0.3 is 5.11 Å². The Morgan fingerprint density at radius 2 is 1.74 bits per heavy atom. The van der Waals surface area contributed by atoms with Gasteiger partial charge in [0.15, 0.2) is 0 Å². The van der Waals surface area contributed by atoms with Crippen LogP contribution in [0.15, 0.2) is 23.8 Å². The first kappa shape index (κ1) is 15.8. The van der Waals surface area contributed by atoms with Crippen LogP contribution >= 0.6 is 0 Å². The number of phenolic OH excluding ortho intramolecular Hbond substituents is 1. The molecule has 0 amide bonds. The highest BCUT2D eigenvalue weighted by Crippen LogP contribution is 2.24. The van der Waals surface area contributed by atoms with Gasteiger partial charge in [-0.15, -0.1) is 0 Å². The second kappa shape index (κ2) is 7.37. The van der Waals surface area contributed by atoms with Crippen molar-refractivity contribution in [1.29, 1.82) is 0 Å². The Morgan fingerprint density at radius 3 is 2.26 bits per heavy atom. The molecule has 0 saturated carbocycles. The van der Waals surface area contributed by atoms with Crippen LogP contribution in [0.1, 0.15) is 56.7 Å². The van der Waals surface area contributed by atoms with Crippen LogP contribution in [0.3, 0.4) is 0 Å². The number of aryl methyl sites for hydroxylation is 3. The summed E-state index contributed by atoms with van der Waals surface area (Å²) in [5.74, 6) is 1.20. The maximum absolute atomic E-state index is 9.77. The number of aromatic hydroxyl groups is 1. The molecule has 0 fully saturated rings. The molecule has 0 aliphatic rings. The molecule has 19 heavy (non-hydrogen) atoms. The summed E-state index contributed by atoms with van der Waals surface area (Å²) >= 11 is 0. The maximum Gasteiger partial charge on any atom is 0.121 e.